The van der Waals surface area contributed by atoms with E-state index in [1.54, 1.807) is 24.3 Å². The molecule has 3 aromatic rings. The minimum Gasteiger partial charge on any atom is -0.458 e. The number of rotatable bonds is 5. The van der Waals surface area contributed by atoms with Gasteiger partial charge in [0, 0.05) is 39.1 Å². The number of carbonyl (C=O) groups is 1. The van der Waals surface area contributed by atoms with Gasteiger partial charge in [-0.1, -0.05) is 17.8 Å². The molecule has 1 aromatic heterocycles. The van der Waals surface area contributed by atoms with Gasteiger partial charge in [-0.15, -0.1) is 0 Å². The highest BCUT2D eigenvalue weighted by molar-refractivity contribution is 7.99. The van der Waals surface area contributed by atoms with Gasteiger partial charge in [0.1, 0.15) is 11.9 Å². The number of benzene rings is 2. The number of esters is 1. The average molecular weight is 472 g/mol. The molecule has 0 unspecified atom stereocenters. The van der Waals surface area contributed by atoms with E-state index in [-0.39, 0.29) is 24.6 Å². The molecule has 5 rings (SSSR count). The lowest BCUT2D eigenvalue weighted by Crippen LogP contribution is -2.31. The van der Waals surface area contributed by atoms with Gasteiger partial charge in [-0.25, -0.2) is 13.2 Å². The molecular formula is C25H20F3NO3S. The van der Waals surface area contributed by atoms with Gasteiger partial charge in [-0.3, -0.25) is 9.78 Å². The minimum absolute atomic E-state index is 0.0360. The monoisotopic (exact) mass is 471 g/mol. The van der Waals surface area contributed by atoms with Gasteiger partial charge in [-0.2, -0.15) is 0 Å². The summed E-state index contributed by atoms with van der Waals surface area (Å²) in [4.78, 5) is 17.8. The second kappa shape index (κ2) is 8.83. The van der Waals surface area contributed by atoms with Crippen molar-refractivity contribution in [2.24, 2.45) is 0 Å². The zero-order valence-electron chi connectivity index (χ0n) is 17.4. The van der Waals surface area contributed by atoms with Gasteiger partial charge < -0.3 is 9.84 Å². The molecular weight excluding hydrogens is 451 g/mol. The van der Waals surface area contributed by atoms with E-state index in [4.69, 9.17) is 4.74 Å². The number of fused-ring (bicyclic) bond motifs is 1. The van der Waals surface area contributed by atoms with Crippen molar-refractivity contribution in [3.8, 4) is 0 Å². The molecule has 1 N–H and O–H groups in total. The van der Waals surface area contributed by atoms with Crippen LogP contribution < -0.4 is 0 Å². The Bertz CT molecular complexity index is 1260. The highest BCUT2D eigenvalue weighted by Gasteiger charge is 2.31. The molecule has 2 fully saturated rings. The van der Waals surface area contributed by atoms with Crippen molar-refractivity contribution < 1.29 is 27.8 Å². The molecule has 2 aliphatic rings. The molecule has 2 atom stereocenters. The van der Waals surface area contributed by atoms with E-state index in [0.29, 0.717) is 15.8 Å². The predicted octanol–water partition coefficient (Wildman–Crippen LogP) is 5.76. The summed E-state index contributed by atoms with van der Waals surface area (Å²) >= 11 is 1.31. The van der Waals surface area contributed by atoms with Crippen LogP contribution in [0, 0.1) is 17.5 Å². The number of nitrogens with zero attached hydrogens (tertiary/aromatic N) is 1. The summed E-state index contributed by atoms with van der Waals surface area (Å²) in [5.41, 5.74) is 1.83. The van der Waals surface area contributed by atoms with E-state index < -0.39 is 29.8 Å². The predicted molar refractivity (Wildman–Crippen MR) is 118 cm³/mol. The Kier molecular flexibility index (Phi) is 5.88. The van der Waals surface area contributed by atoms with Crippen LogP contribution in [0.1, 0.15) is 42.9 Å². The lowest BCUT2D eigenvalue weighted by atomic mass is 10.0. The Balaban J connectivity index is 1.65. The quantitative estimate of drug-likeness (QED) is 0.480. The number of aliphatic hydroxyl groups is 1. The zero-order chi connectivity index (χ0) is 23.1. The molecule has 1 saturated heterocycles. The number of hydrogen-bond acceptors (Lipinski definition) is 5. The lowest BCUT2D eigenvalue weighted by Gasteiger charge is -2.23. The van der Waals surface area contributed by atoms with Gasteiger partial charge in [0.05, 0.1) is 23.7 Å². The number of halogens is 3. The number of carbonyl (C=O) groups excluding carboxylic acids is 1. The largest absolute Gasteiger partial charge is 0.458 e. The normalized spacial score (nSPS) is 21.0. The second-order valence-corrected chi connectivity index (χ2v) is 9.42. The minimum atomic E-state index is -0.983. The van der Waals surface area contributed by atoms with Gasteiger partial charge in [0.2, 0.25) is 0 Å². The fourth-order valence-electron chi connectivity index (χ4n) is 3.95. The van der Waals surface area contributed by atoms with Gasteiger partial charge in [0.15, 0.2) is 11.6 Å². The van der Waals surface area contributed by atoms with E-state index in [2.05, 4.69) is 4.98 Å². The first-order valence-electron chi connectivity index (χ1n) is 10.7. The first kappa shape index (κ1) is 22.0. The standard InChI is InChI=1S/C25H20F3NO3S/c26-14-3-6-17(7-4-14)33-25-18(8-5-16-9-15(30)10-23(31)32-16)24(13-1-2-13)29-22-12-21(28)20(27)11-19(22)25/h3-8,11-13,15-16,30H,1-2,9-10H2/b8-5+/t15-,16-/m1/s1. The van der Waals surface area contributed by atoms with Crippen molar-refractivity contribution >= 4 is 34.7 Å². The van der Waals surface area contributed by atoms with Crippen LogP contribution in [0.25, 0.3) is 17.0 Å². The van der Waals surface area contributed by atoms with Crippen molar-refractivity contribution in [2.75, 3.05) is 0 Å². The Morgan fingerprint density at radius 3 is 2.52 bits per heavy atom. The highest BCUT2D eigenvalue weighted by Crippen LogP contribution is 2.46. The SMILES string of the molecule is O=C1C[C@H](O)C[C@@H](/C=C/c2c(C3CC3)nc3cc(F)c(F)cc3c2Sc2ccc(F)cc2)O1. The zero-order valence-corrected chi connectivity index (χ0v) is 18.2. The van der Waals surface area contributed by atoms with Crippen LogP contribution in [0.3, 0.4) is 0 Å². The van der Waals surface area contributed by atoms with Crippen LogP contribution in [0.2, 0.25) is 0 Å². The third-order valence-electron chi connectivity index (χ3n) is 5.71. The maximum Gasteiger partial charge on any atom is 0.309 e. The van der Waals surface area contributed by atoms with E-state index in [1.165, 1.54) is 23.9 Å². The van der Waals surface area contributed by atoms with Crippen molar-refractivity contribution in [1.82, 2.24) is 4.98 Å². The summed E-state index contributed by atoms with van der Waals surface area (Å²) in [6.07, 6.45) is 4.21. The summed E-state index contributed by atoms with van der Waals surface area (Å²) in [7, 11) is 0. The molecule has 1 aliphatic carbocycles. The van der Waals surface area contributed by atoms with Crippen LogP contribution in [0.15, 0.2) is 52.3 Å². The lowest BCUT2D eigenvalue weighted by molar-refractivity contribution is -0.156. The number of hydrogen-bond donors (Lipinski definition) is 1. The highest BCUT2D eigenvalue weighted by atomic mass is 32.2. The molecule has 0 spiro atoms. The maximum atomic E-state index is 14.2. The Morgan fingerprint density at radius 2 is 1.82 bits per heavy atom. The van der Waals surface area contributed by atoms with Gasteiger partial charge >= 0.3 is 5.97 Å². The van der Waals surface area contributed by atoms with Crippen molar-refractivity contribution in [3.63, 3.8) is 0 Å². The fourth-order valence-corrected chi connectivity index (χ4v) is 5.02. The van der Waals surface area contributed by atoms with Crippen LogP contribution in [-0.4, -0.2) is 28.3 Å². The number of aromatic nitrogens is 1. The van der Waals surface area contributed by atoms with Crippen molar-refractivity contribution in [3.05, 3.63) is 71.2 Å². The van der Waals surface area contributed by atoms with E-state index in [9.17, 15) is 23.1 Å². The van der Waals surface area contributed by atoms with E-state index >= 15 is 0 Å². The molecule has 0 radical (unpaired) electrons. The van der Waals surface area contributed by atoms with Crippen molar-refractivity contribution in [2.45, 2.75) is 53.6 Å². The average Bonchev–Trinajstić information content (AvgIpc) is 3.60. The van der Waals surface area contributed by atoms with E-state index in [0.717, 1.165) is 41.1 Å². The molecule has 2 aromatic carbocycles. The molecule has 33 heavy (non-hydrogen) atoms. The Morgan fingerprint density at radius 1 is 1.09 bits per heavy atom. The summed E-state index contributed by atoms with van der Waals surface area (Å²) in [5, 5.41) is 10.3. The Hall–Kier alpha value is -2.84. The van der Waals surface area contributed by atoms with Crippen LogP contribution in [0.5, 0.6) is 0 Å². The molecule has 1 aliphatic heterocycles. The van der Waals surface area contributed by atoms with Crippen LogP contribution in [-0.2, 0) is 9.53 Å². The molecule has 0 bridgehead atoms. The first-order valence-corrected chi connectivity index (χ1v) is 11.5. The molecule has 0 amide bonds. The summed E-state index contributed by atoms with van der Waals surface area (Å²) in [6.45, 7) is 0. The summed E-state index contributed by atoms with van der Waals surface area (Å²) in [6, 6.07) is 8.14. The molecule has 4 nitrogen and oxygen atoms in total. The molecule has 1 saturated carbocycles. The number of pyridine rings is 1. The summed E-state index contributed by atoms with van der Waals surface area (Å²) in [5.74, 6) is -2.61. The second-order valence-electron chi connectivity index (χ2n) is 8.33. The number of ether oxygens (including phenoxy) is 1. The van der Waals surface area contributed by atoms with Crippen LogP contribution >= 0.6 is 11.8 Å². The molecule has 8 heteroatoms. The summed E-state index contributed by atoms with van der Waals surface area (Å²) < 4.78 is 47.0. The molecule has 2 heterocycles. The van der Waals surface area contributed by atoms with E-state index in [1.807, 2.05) is 0 Å². The van der Waals surface area contributed by atoms with Crippen molar-refractivity contribution in [1.29, 1.82) is 0 Å². The number of aliphatic hydroxyl groups excluding tert-OH is 1. The third kappa shape index (κ3) is 4.77. The topological polar surface area (TPSA) is 59.4 Å². The van der Waals surface area contributed by atoms with Gasteiger partial charge in [0.25, 0.3) is 0 Å². The van der Waals surface area contributed by atoms with Crippen LogP contribution in [0.4, 0.5) is 13.2 Å². The van der Waals surface area contributed by atoms with Gasteiger partial charge in [-0.05, 0) is 49.2 Å². The maximum absolute atomic E-state index is 14.2. The Labute approximate surface area is 192 Å². The third-order valence-corrected chi connectivity index (χ3v) is 6.86. The fraction of sp³-hybridized carbons (Fsp3) is 0.280. The molecule has 170 valence electrons. The smallest absolute Gasteiger partial charge is 0.309 e. The first-order chi connectivity index (χ1) is 15.9. The number of cyclic esters (lactones) is 1.